The van der Waals surface area contributed by atoms with E-state index in [1.54, 1.807) is 13.1 Å². The molecule has 2 N–H and O–H groups in total. The van der Waals surface area contributed by atoms with Crippen molar-refractivity contribution in [2.45, 2.75) is 13.0 Å². The Balaban J connectivity index is 0.00000144. The molecule has 2 aromatic rings. The van der Waals surface area contributed by atoms with E-state index in [2.05, 4.69) is 5.10 Å². The standard InChI is InChI=1S/C11H11F2N3.ClH/c1-7(16-6-9(14)5-15-16)10-3-2-8(12)4-11(10)13;/h2-7H,14H2,1H3;1H. The minimum atomic E-state index is -0.589. The van der Waals surface area contributed by atoms with Gasteiger partial charge in [-0.3, -0.25) is 4.68 Å². The predicted octanol–water partition coefficient (Wildman–Crippen LogP) is 2.77. The van der Waals surface area contributed by atoms with E-state index >= 15 is 0 Å². The van der Waals surface area contributed by atoms with Crippen LogP contribution in [0.3, 0.4) is 0 Å². The van der Waals surface area contributed by atoms with Crippen LogP contribution in [-0.2, 0) is 0 Å². The average molecular weight is 260 g/mol. The van der Waals surface area contributed by atoms with Gasteiger partial charge in [0.05, 0.1) is 17.9 Å². The van der Waals surface area contributed by atoms with E-state index in [4.69, 9.17) is 5.73 Å². The lowest BCUT2D eigenvalue weighted by Gasteiger charge is -2.13. The summed E-state index contributed by atoms with van der Waals surface area (Å²) in [6, 6.07) is 3.17. The smallest absolute Gasteiger partial charge is 0.131 e. The molecule has 0 saturated heterocycles. The maximum atomic E-state index is 13.5. The third-order valence-corrected chi connectivity index (χ3v) is 2.43. The Morgan fingerprint density at radius 3 is 2.59 bits per heavy atom. The molecule has 1 aromatic carbocycles. The van der Waals surface area contributed by atoms with E-state index < -0.39 is 11.6 Å². The molecule has 3 nitrogen and oxygen atoms in total. The molecule has 17 heavy (non-hydrogen) atoms. The zero-order chi connectivity index (χ0) is 11.7. The minimum Gasteiger partial charge on any atom is -0.396 e. The van der Waals surface area contributed by atoms with Crippen LogP contribution in [0.5, 0.6) is 0 Å². The van der Waals surface area contributed by atoms with Crippen molar-refractivity contribution >= 4 is 18.1 Å². The zero-order valence-corrected chi connectivity index (χ0v) is 9.92. The predicted molar refractivity (Wildman–Crippen MR) is 64.1 cm³/mol. The van der Waals surface area contributed by atoms with Crippen molar-refractivity contribution < 1.29 is 8.78 Å². The van der Waals surface area contributed by atoms with Crippen LogP contribution < -0.4 is 5.73 Å². The van der Waals surface area contributed by atoms with Crippen LogP contribution >= 0.6 is 12.4 Å². The van der Waals surface area contributed by atoms with Gasteiger partial charge in [-0.15, -0.1) is 12.4 Å². The average Bonchev–Trinajstić information content (AvgIpc) is 2.64. The fourth-order valence-electron chi connectivity index (χ4n) is 1.55. The largest absolute Gasteiger partial charge is 0.396 e. The van der Waals surface area contributed by atoms with Gasteiger partial charge in [-0.25, -0.2) is 8.78 Å². The summed E-state index contributed by atoms with van der Waals surface area (Å²) in [6.07, 6.45) is 3.09. The van der Waals surface area contributed by atoms with E-state index in [0.717, 1.165) is 6.07 Å². The number of benzene rings is 1. The van der Waals surface area contributed by atoms with Crippen LogP contribution in [0.15, 0.2) is 30.6 Å². The Labute approximate surface area is 104 Å². The van der Waals surface area contributed by atoms with Crippen molar-refractivity contribution in [1.29, 1.82) is 0 Å². The summed E-state index contributed by atoms with van der Waals surface area (Å²) >= 11 is 0. The molecule has 0 spiro atoms. The van der Waals surface area contributed by atoms with Gasteiger partial charge < -0.3 is 5.73 Å². The van der Waals surface area contributed by atoms with Gasteiger partial charge in [0.15, 0.2) is 0 Å². The van der Waals surface area contributed by atoms with Crippen molar-refractivity contribution in [2.75, 3.05) is 5.73 Å². The maximum Gasteiger partial charge on any atom is 0.131 e. The number of hydrogen-bond acceptors (Lipinski definition) is 2. The number of nitrogens with two attached hydrogens (primary N) is 1. The van der Waals surface area contributed by atoms with Crippen LogP contribution in [0.4, 0.5) is 14.5 Å². The molecule has 0 radical (unpaired) electrons. The highest BCUT2D eigenvalue weighted by Gasteiger charge is 2.13. The second-order valence-electron chi connectivity index (χ2n) is 3.60. The third kappa shape index (κ3) is 2.74. The van der Waals surface area contributed by atoms with Gasteiger partial charge in [0.1, 0.15) is 11.6 Å². The molecule has 0 saturated carbocycles. The Kier molecular flexibility index (Phi) is 4.07. The second-order valence-corrected chi connectivity index (χ2v) is 3.60. The van der Waals surface area contributed by atoms with Crippen molar-refractivity contribution in [3.63, 3.8) is 0 Å². The van der Waals surface area contributed by atoms with Gasteiger partial charge in [0.25, 0.3) is 0 Å². The van der Waals surface area contributed by atoms with Crippen LogP contribution in [0, 0.1) is 11.6 Å². The molecular formula is C11H12ClF2N3. The van der Waals surface area contributed by atoms with Gasteiger partial charge in [0.2, 0.25) is 0 Å². The molecule has 6 heteroatoms. The number of anilines is 1. The van der Waals surface area contributed by atoms with E-state index in [-0.39, 0.29) is 18.4 Å². The lowest BCUT2D eigenvalue weighted by molar-refractivity contribution is 0.512. The summed E-state index contributed by atoms with van der Waals surface area (Å²) in [6.45, 7) is 1.77. The first kappa shape index (κ1) is 13.4. The molecule has 0 fully saturated rings. The zero-order valence-electron chi connectivity index (χ0n) is 9.10. The molecule has 92 valence electrons. The molecule has 1 unspecified atom stereocenters. The van der Waals surface area contributed by atoms with Crippen molar-refractivity contribution in [2.24, 2.45) is 0 Å². The topological polar surface area (TPSA) is 43.8 Å². The lowest BCUT2D eigenvalue weighted by atomic mass is 10.1. The molecule has 0 aliphatic carbocycles. The number of hydrogen-bond donors (Lipinski definition) is 1. The van der Waals surface area contributed by atoms with E-state index in [1.165, 1.54) is 23.0 Å². The molecule has 2 rings (SSSR count). The Hall–Kier alpha value is -1.62. The maximum absolute atomic E-state index is 13.5. The summed E-state index contributed by atoms with van der Waals surface area (Å²) < 4.78 is 27.7. The summed E-state index contributed by atoms with van der Waals surface area (Å²) in [5.74, 6) is -1.17. The highest BCUT2D eigenvalue weighted by Crippen LogP contribution is 2.21. The Bertz CT molecular complexity index is 513. The first-order chi connectivity index (χ1) is 7.58. The van der Waals surface area contributed by atoms with Gasteiger partial charge in [-0.1, -0.05) is 6.07 Å². The number of halogens is 3. The first-order valence-corrected chi connectivity index (χ1v) is 4.82. The molecule has 0 aliphatic rings. The van der Waals surface area contributed by atoms with Crippen LogP contribution in [0.2, 0.25) is 0 Å². The van der Waals surface area contributed by atoms with Crippen molar-refractivity contribution in [3.05, 3.63) is 47.8 Å². The van der Waals surface area contributed by atoms with E-state index in [0.29, 0.717) is 11.3 Å². The van der Waals surface area contributed by atoms with E-state index in [9.17, 15) is 8.78 Å². The monoisotopic (exact) mass is 259 g/mol. The first-order valence-electron chi connectivity index (χ1n) is 4.82. The molecule has 0 bridgehead atoms. The normalized spacial score (nSPS) is 11.9. The SMILES string of the molecule is CC(c1ccc(F)cc1F)n1cc(N)cn1.Cl. The molecule has 0 aliphatic heterocycles. The van der Waals surface area contributed by atoms with Gasteiger partial charge in [-0.05, 0) is 13.0 Å². The molecule has 1 aromatic heterocycles. The molecule has 0 amide bonds. The summed E-state index contributed by atoms with van der Waals surface area (Å²) in [7, 11) is 0. The fraction of sp³-hybridized carbons (Fsp3) is 0.182. The van der Waals surface area contributed by atoms with Crippen molar-refractivity contribution in [1.82, 2.24) is 9.78 Å². The quantitative estimate of drug-likeness (QED) is 0.901. The van der Waals surface area contributed by atoms with Crippen LogP contribution in [0.1, 0.15) is 18.5 Å². The van der Waals surface area contributed by atoms with Crippen LogP contribution in [-0.4, -0.2) is 9.78 Å². The molecule has 1 heterocycles. The lowest BCUT2D eigenvalue weighted by Crippen LogP contribution is -2.09. The number of nitrogens with zero attached hydrogens (tertiary/aromatic N) is 2. The van der Waals surface area contributed by atoms with Crippen LogP contribution in [0.25, 0.3) is 0 Å². The van der Waals surface area contributed by atoms with E-state index in [1.807, 2.05) is 0 Å². The Morgan fingerprint density at radius 2 is 2.06 bits per heavy atom. The number of rotatable bonds is 2. The minimum absolute atomic E-state index is 0. The fourth-order valence-corrected chi connectivity index (χ4v) is 1.55. The highest BCUT2D eigenvalue weighted by atomic mass is 35.5. The summed E-state index contributed by atoms with van der Waals surface area (Å²) in [5.41, 5.74) is 6.41. The number of aromatic nitrogens is 2. The van der Waals surface area contributed by atoms with Gasteiger partial charge in [-0.2, -0.15) is 5.10 Å². The number of nitrogen functional groups attached to an aromatic ring is 1. The summed E-state index contributed by atoms with van der Waals surface area (Å²) in [4.78, 5) is 0. The second kappa shape index (κ2) is 5.14. The third-order valence-electron chi connectivity index (χ3n) is 2.43. The van der Waals surface area contributed by atoms with Crippen molar-refractivity contribution in [3.8, 4) is 0 Å². The Morgan fingerprint density at radius 1 is 1.35 bits per heavy atom. The molecular weight excluding hydrogens is 248 g/mol. The van der Waals surface area contributed by atoms with Gasteiger partial charge >= 0.3 is 0 Å². The summed E-state index contributed by atoms with van der Waals surface area (Å²) in [5, 5.41) is 3.99. The highest BCUT2D eigenvalue weighted by molar-refractivity contribution is 5.85. The molecule has 1 atom stereocenters. The van der Waals surface area contributed by atoms with Gasteiger partial charge in [0, 0.05) is 17.8 Å².